The Labute approximate surface area is 94.0 Å². The van der Waals surface area contributed by atoms with Crippen LogP contribution in [0.15, 0.2) is 0 Å². The maximum Gasteiger partial charge on any atom is 1.00 e. The van der Waals surface area contributed by atoms with Crippen molar-refractivity contribution in [2.75, 3.05) is 20.2 Å². The minimum absolute atomic E-state index is 0. The molecule has 1 rings (SSSR count). The molecule has 1 saturated heterocycles. The molecule has 0 amide bonds. The fraction of sp³-hybridized carbons (Fsp3) is 0.857. The zero-order chi connectivity index (χ0) is 8.27. The zero-order valence-corrected chi connectivity index (χ0v) is 9.50. The second kappa shape index (κ2) is 5.94. The van der Waals surface area contributed by atoms with Gasteiger partial charge < -0.3 is 20.0 Å². The average Bonchev–Trinajstić information content (AvgIpc) is 2.05. The maximum absolute atomic E-state index is 10.4. The quantitative estimate of drug-likeness (QED) is 0.435. The topological polar surface area (TPSA) is 61.4 Å². The molecule has 1 heterocycles. The van der Waals surface area contributed by atoms with Gasteiger partial charge in [0.05, 0.1) is 6.10 Å². The van der Waals surface area contributed by atoms with Crippen LogP contribution in [0.25, 0.3) is 0 Å². The molecular weight excluding hydrogens is 169 g/mol. The third kappa shape index (κ3) is 3.41. The van der Waals surface area contributed by atoms with Crippen molar-refractivity contribution in [3.8, 4) is 0 Å². The Morgan fingerprint density at radius 2 is 2.25 bits per heavy atom. The van der Waals surface area contributed by atoms with Gasteiger partial charge in [-0.15, -0.1) is 0 Å². The predicted molar refractivity (Wildman–Crippen MR) is 36.8 cm³/mol. The SMILES string of the molecule is COC1CNCC(C(=O)[O-])C1.[Na+]. The van der Waals surface area contributed by atoms with E-state index in [0.29, 0.717) is 13.0 Å². The first-order valence-electron chi connectivity index (χ1n) is 3.68. The molecule has 1 N–H and O–H groups in total. The Kier molecular flexibility index (Phi) is 6.13. The molecule has 0 aliphatic carbocycles. The van der Waals surface area contributed by atoms with Crippen molar-refractivity contribution in [1.82, 2.24) is 5.32 Å². The van der Waals surface area contributed by atoms with E-state index in [2.05, 4.69) is 5.32 Å². The van der Waals surface area contributed by atoms with Gasteiger partial charge in [-0.05, 0) is 6.42 Å². The molecule has 2 atom stereocenters. The summed E-state index contributed by atoms with van der Waals surface area (Å²) in [6.07, 6.45) is 0.581. The smallest absolute Gasteiger partial charge is 0.550 e. The van der Waals surface area contributed by atoms with Gasteiger partial charge in [0.25, 0.3) is 0 Å². The second-order valence-electron chi connectivity index (χ2n) is 2.77. The molecule has 0 radical (unpaired) electrons. The summed E-state index contributed by atoms with van der Waals surface area (Å²) in [4.78, 5) is 10.4. The zero-order valence-electron chi connectivity index (χ0n) is 7.50. The Hall–Kier alpha value is 0.390. The van der Waals surface area contributed by atoms with E-state index < -0.39 is 11.9 Å². The molecule has 0 spiro atoms. The summed E-state index contributed by atoms with van der Waals surface area (Å²) in [7, 11) is 1.59. The largest absolute Gasteiger partial charge is 1.00 e. The number of hydrogen-bond donors (Lipinski definition) is 1. The van der Waals surface area contributed by atoms with E-state index in [1.807, 2.05) is 0 Å². The fourth-order valence-corrected chi connectivity index (χ4v) is 1.26. The molecule has 12 heavy (non-hydrogen) atoms. The number of piperidine rings is 1. The van der Waals surface area contributed by atoms with Crippen molar-refractivity contribution in [2.24, 2.45) is 5.92 Å². The first kappa shape index (κ1) is 12.4. The molecule has 1 fully saturated rings. The summed E-state index contributed by atoms with van der Waals surface area (Å²) in [5.41, 5.74) is 0. The van der Waals surface area contributed by atoms with Gasteiger partial charge in [-0.25, -0.2) is 0 Å². The molecule has 5 heteroatoms. The van der Waals surface area contributed by atoms with E-state index in [1.165, 1.54) is 0 Å². The summed E-state index contributed by atoms with van der Waals surface area (Å²) in [6.45, 7) is 1.24. The summed E-state index contributed by atoms with van der Waals surface area (Å²) in [5, 5.41) is 13.4. The van der Waals surface area contributed by atoms with E-state index in [4.69, 9.17) is 4.74 Å². The van der Waals surface area contributed by atoms with Crippen molar-refractivity contribution >= 4 is 5.97 Å². The normalized spacial score (nSPS) is 29.1. The minimum atomic E-state index is -0.987. The van der Waals surface area contributed by atoms with Crippen LogP contribution < -0.4 is 40.0 Å². The number of carbonyl (C=O) groups excluding carboxylic acids is 1. The number of carboxylic acids is 1. The summed E-state index contributed by atoms with van der Waals surface area (Å²) in [6, 6.07) is 0. The molecule has 0 saturated carbocycles. The van der Waals surface area contributed by atoms with E-state index in [9.17, 15) is 9.90 Å². The van der Waals surface area contributed by atoms with Crippen molar-refractivity contribution < 1.29 is 44.2 Å². The van der Waals surface area contributed by atoms with E-state index >= 15 is 0 Å². The molecule has 1 aliphatic heterocycles. The molecule has 4 nitrogen and oxygen atoms in total. The van der Waals surface area contributed by atoms with Gasteiger partial charge in [0.15, 0.2) is 0 Å². The van der Waals surface area contributed by atoms with Crippen molar-refractivity contribution in [2.45, 2.75) is 12.5 Å². The van der Waals surface area contributed by atoms with Gasteiger partial charge in [0.2, 0.25) is 0 Å². The maximum atomic E-state index is 10.4. The molecule has 0 aromatic rings. The number of methoxy groups -OCH3 is 1. The van der Waals surface area contributed by atoms with Crippen LogP contribution >= 0.6 is 0 Å². The van der Waals surface area contributed by atoms with Gasteiger partial charge in [-0.2, -0.15) is 0 Å². The standard InChI is InChI=1S/C7H13NO3.Na/c1-11-6-2-5(7(9)10)3-8-4-6;/h5-6,8H,2-4H2,1H3,(H,9,10);/q;+1/p-1. The van der Waals surface area contributed by atoms with Crippen molar-refractivity contribution in [3.05, 3.63) is 0 Å². The van der Waals surface area contributed by atoms with Gasteiger partial charge in [0.1, 0.15) is 0 Å². The fourth-order valence-electron chi connectivity index (χ4n) is 1.26. The number of nitrogens with one attached hydrogen (secondary N) is 1. The van der Waals surface area contributed by atoms with Crippen LogP contribution in [0.5, 0.6) is 0 Å². The van der Waals surface area contributed by atoms with Crippen LogP contribution in [0.3, 0.4) is 0 Å². The summed E-state index contributed by atoms with van der Waals surface area (Å²) in [5.74, 6) is -1.38. The molecule has 1 aliphatic rings. The van der Waals surface area contributed by atoms with Gasteiger partial charge in [-0.1, -0.05) is 0 Å². The third-order valence-electron chi connectivity index (χ3n) is 1.98. The van der Waals surface area contributed by atoms with Crippen LogP contribution in [0.4, 0.5) is 0 Å². The summed E-state index contributed by atoms with van der Waals surface area (Å²) >= 11 is 0. The number of carboxylic acid groups (broad SMARTS) is 1. The van der Waals surface area contributed by atoms with Crippen LogP contribution in [-0.4, -0.2) is 32.3 Å². The Bertz CT molecular complexity index is 154. The third-order valence-corrected chi connectivity index (χ3v) is 1.98. The summed E-state index contributed by atoms with van der Waals surface area (Å²) < 4.78 is 5.02. The second-order valence-corrected chi connectivity index (χ2v) is 2.77. The van der Waals surface area contributed by atoms with Crippen molar-refractivity contribution in [1.29, 1.82) is 0 Å². The van der Waals surface area contributed by atoms with Gasteiger partial charge in [-0.3, -0.25) is 0 Å². The van der Waals surface area contributed by atoms with Crippen LogP contribution in [-0.2, 0) is 9.53 Å². The Morgan fingerprint density at radius 1 is 1.58 bits per heavy atom. The van der Waals surface area contributed by atoms with E-state index in [1.54, 1.807) is 7.11 Å². The minimum Gasteiger partial charge on any atom is -0.550 e. The first-order valence-corrected chi connectivity index (χ1v) is 3.68. The van der Waals surface area contributed by atoms with E-state index in [-0.39, 0.29) is 35.7 Å². The Morgan fingerprint density at radius 3 is 2.75 bits per heavy atom. The number of rotatable bonds is 2. The van der Waals surface area contributed by atoms with Crippen LogP contribution in [0.1, 0.15) is 6.42 Å². The molecule has 0 aromatic heterocycles. The van der Waals surface area contributed by atoms with Crippen LogP contribution in [0, 0.1) is 5.92 Å². The number of carbonyl (C=O) groups is 1. The monoisotopic (exact) mass is 181 g/mol. The van der Waals surface area contributed by atoms with Crippen molar-refractivity contribution in [3.63, 3.8) is 0 Å². The van der Waals surface area contributed by atoms with Gasteiger partial charge in [0, 0.05) is 32.1 Å². The molecule has 2 unspecified atom stereocenters. The molecule has 0 aromatic carbocycles. The molecular formula is C7H12NNaO3. The van der Waals surface area contributed by atoms with Gasteiger partial charge >= 0.3 is 29.6 Å². The molecule has 0 bridgehead atoms. The number of aliphatic carboxylic acids is 1. The number of ether oxygens (including phenoxy) is 1. The van der Waals surface area contributed by atoms with E-state index in [0.717, 1.165) is 6.54 Å². The molecule has 64 valence electrons. The first-order chi connectivity index (χ1) is 5.24. The average molecular weight is 181 g/mol. The Balaban J connectivity index is 0.00000121. The predicted octanol–water partition coefficient (Wildman–Crippen LogP) is -4.64. The number of hydrogen-bond acceptors (Lipinski definition) is 4. The van der Waals surface area contributed by atoms with Crippen LogP contribution in [0.2, 0.25) is 0 Å².